The smallest absolute Gasteiger partial charge is 0.251 e. The van der Waals surface area contributed by atoms with E-state index in [1.807, 2.05) is 57.2 Å². The summed E-state index contributed by atoms with van der Waals surface area (Å²) in [4.78, 5) is 27.5. The van der Waals surface area contributed by atoms with Crippen LogP contribution in [0.2, 0.25) is 0 Å². The first-order chi connectivity index (χ1) is 13.5. The molecule has 0 aliphatic carbocycles. The molecule has 0 saturated heterocycles. The Morgan fingerprint density at radius 2 is 1.86 bits per heavy atom. The van der Waals surface area contributed by atoms with Gasteiger partial charge in [-0.2, -0.15) is 0 Å². The largest absolute Gasteiger partial charge is 0.494 e. The van der Waals surface area contributed by atoms with Gasteiger partial charge in [0, 0.05) is 23.0 Å². The maximum atomic E-state index is 12.3. The first kappa shape index (κ1) is 19.7. The maximum Gasteiger partial charge on any atom is 0.251 e. The number of aromatic nitrogens is 1. The molecule has 0 unspecified atom stereocenters. The second-order valence-electron chi connectivity index (χ2n) is 7.02. The predicted octanol–water partition coefficient (Wildman–Crippen LogP) is 3.45. The van der Waals surface area contributed by atoms with E-state index in [1.54, 1.807) is 0 Å². The molecule has 0 aliphatic rings. The molecule has 3 aromatic rings. The molecule has 146 valence electrons. The summed E-state index contributed by atoms with van der Waals surface area (Å²) in [6.07, 6.45) is 0.798. The summed E-state index contributed by atoms with van der Waals surface area (Å²) in [6.45, 7) is 7.03. The minimum atomic E-state index is -0.0988. The van der Waals surface area contributed by atoms with Crippen LogP contribution in [0.25, 0.3) is 10.9 Å². The molecule has 5 nitrogen and oxygen atoms in total. The van der Waals surface area contributed by atoms with Gasteiger partial charge in [-0.25, -0.2) is 0 Å². The molecule has 5 heteroatoms. The lowest BCUT2D eigenvalue weighted by Gasteiger charge is -2.09. The van der Waals surface area contributed by atoms with Crippen molar-refractivity contribution in [3.05, 3.63) is 75.1 Å². The molecule has 3 rings (SSSR count). The minimum absolute atomic E-state index is 0.0619. The van der Waals surface area contributed by atoms with Crippen LogP contribution in [0.1, 0.15) is 29.2 Å². The average molecular weight is 378 g/mol. The minimum Gasteiger partial charge on any atom is -0.494 e. The molecule has 0 fully saturated rings. The third-order valence-electron chi connectivity index (χ3n) is 4.71. The fraction of sp³-hybridized carbons (Fsp3) is 0.304. The Kier molecular flexibility index (Phi) is 6.14. The van der Waals surface area contributed by atoms with Crippen LogP contribution in [0, 0.1) is 13.8 Å². The lowest BCUT2D eigenvalue weighted by atomic mass is 10.0. The molecule has 0 atom stereocenters. The van der Waals surface area contributed by atoms with Gasteiger partial charge in [-0.05, 0) is 68.1 Å². The molecule has 1 aromatic heterocycles. The number of pyridine rings is 1. The van der Waals surface area contributed by atoms with Gasteiger partial charge in [-0.1, -0.05) is 18.2 Å². The van der Waals surface area contributed by atoms with E-state index in [1.165, 1.54) is 0 Å². The molecule has 0 bridgehead atoms. The number of aryl methyl sites for hydroxylation is 2. The van der Waals surface area contributed by atoms with Crippen LogP contribution in [0.3, 0.4) is 0 Å². The Morgan fingerprint density at radius 1 is 1.11 bits per heavy atom. The number of fused-ring (bicyclic) bond motifs is 1. The van der Waals surface area contributed by atoms with Crippen molar-refractivity contribution in [2.24, 2.45) is 0 Å². The zero-order valence-electron chi connectivity index (χ0n) is 16.6. The van der Waals surface area contributed by atoms with E-state index < -0.39 is 0 Å². The van der Waals surface area contributed by atoms with Gasteiger partial charge in [0.2, 0.25) is 5.91 Å². The first-order valence-electron chi connectivity index (χ1n) is 9.58. The number of amides is 1. The van der Waals surface area contributed by atoms with E-state index in [9.17, 15) is 9.59 Å². The molecule has 1 amide bonds. The van der Waals surface area contributed by atoms with Crippen LogP contribution in [-0.4, -0.2) is 24.0 Å². The van der Waals surface area contributed by atoms with E-state index in [0.29, 0.717) is 31.6 Å². The van der Waals surface area contributed by atoms with Crippen molar-refractivity contribution < 1.29 is 9.53 Å². The zero-order chi connectivity index (χ0) is 20.1. The van der Waals surface area contributed by atoms with Crippen LogP contribution >= 0.6 is 0 Å². The van der Waals surface area contributed by atoms with E-state index in [2.05, 4.69) is 16.4 Å². The summed E-state index contributed by atoms with van der Waals surface area (Å²) < 4.78 is 5.40. The number of hydrogen-bond acceptors (Lipinski definition) is 3. The normalized spacial score (nSPS) is 10.8. The van der Waals surface area contributed by atoms with E-state index in [-0.39, 0.29) is 11.5 Å². The number of carbonyl (C=O) groups is 1. The van der Waals surface area contributed by atoms with Crippen LogP contribution in [0.5, 0.6) is 5.75 Å². The Hall–Kier alpha value is -3.08. The number of nitrogens with one attached hydrogen (secondary N) is 2. The third kappa shape index (κ3) is 4.80. The summed E-state index contributed by atoms with van der Waals surface area (Å²) in [7, 11) is 0. The number of carbonyl (C=O) groups excluding carboxylic acids is 1. The Balaban J connectivity index is 1.59. The van der Waals surface area contributed by atoms with Gasteiger partial charge >= 0.3 is 0 Å². The second kappa shape index (κ2) is 8.74. The Labute approximate surface area is 164 Å². The molecule has 2 aromatic carbocycles. The molecule has 1 heterocycles. The number of benzene rings is 2. The van der Waals surface area contributed by atoms with Gasteiger partial charge in [0.05, 0.1) is 13.0 Å². The molecule has 0 saturated carbocycles. The van der Waals surface area contributed by atoms with Crippen molar-refractivity contribution in [2.75, 3.05) is 13.2 Å². The standard InChI is InChI=1S/C23H26N2O3/c1-4-28-19-7-5-17(6-8-19)13-22(26)24-10-9-18-14-20-16(3)11-15(2)12-21(20)25-23(18)27/h5-8,11-12,14H,4,9-10,13H2,1-3H3,(H,24,26)(H,25,27). The second-order valence-corrected chi connectivity index (χ2v) is 7.02. The van der Waals surface area contributed by atoms with Gasteiger partial charge in [-0.3, -0.25) is 9.59 Å². The van der Waals surface area contributed by atoms with Gasteiger partial charge in [-0.15, -0.1) is 0 Å². The van der Waals surface area contributed by atoms with Gasteiger partial charge in [0.15, 0.2) is 0 Å². The lowest BCUT2D eigenvalue weighted by molar-refractivity contribution is -0.120. The number of ether oxygens (including phenoxy) is 1. The van der Waals surface area contributed by atoms with Crippen molar-refractivity contribution in [3.63, 3.8) is 0 Å². The van der Waals surface area contributed by atoms with Crippen molar-refractivity contribution in [1.29, 1.82) is 0 Å². The summed E-state index contributed by atoms with van der Waals surface area (Å²) in [5, 5.41) is 3.94. The summed E-state index contributed by atoms with van der Waals surface area (Å²) in [6, 6.07) is 13.5. The van der Waals surface area contributed by atoms with E-state index in [4.69, 9.17) is 4.74 Å². The van der Waals surface area contributed by atoms with Crippen molar-refractivity contribution >= 4 is 16.8 Å². The highest BCUT2D eigenvalue weighted by Gasteiger charge is 2.08. The number of aromatic amines is 1. The Morgan fingerprint density at radius 3 is 2.57 bits per heavy atom. The van der Waals surface area contributed by atoms with Crippen molar-refractivity contribution in [2.45, 2.75) is 33.6 Å². The van der Waals surface area contributed by atoms with Gasteiger partial charge in [0.25, 0.3) is 5.56 Å². The lowest BCUT2D eigenvalue weighted by Crippen LogP contribution is -2.28. The molecule has 0 radical (unpaired) electrons. The Bertz CT molecular complexity index is 1040. The van der Waals surface area contributed by atoms with Crippen LogP contribution < -0.4 is 15.6 Å². The van der Waals surface area contributed by atoms with Crippen LogP contribution in [-0.2, 0) is 17.6 Å². The van der Waals surface area contributed by atoms with E-state index >= 15 is 0 Å². The van der Waals surface area contributed by atoms with Gasteiger partial charge in [0.1, 0.15) is 5.75 Å². The van der Waals surface area contributed by atoms with Gasteiger partial charge < -0.3 is 15.0 Å². The highest BCUT2D eigenvalue weighted by atomic mass is 16.5. The fourth-order valence-electron chi connectivity index (χ4n) is 3.36. The SMILES string of the molecule is CCOc1ccc(CC(=O)NCCc2cc3c(C)cc(C)cc3[nH]c2=O)cc1. The highest BCUT2D eigenvalue weighted by molar-refractivity contribution is 5.83. The van der Waals surface area contributed by atoms with Crippen molar-refractivity contribution in [1.82, 2.24) is 10.3 Å². The number of rotatable bonds is 7. The fourth-order valence-corrected chi connectivity index (χ4v) is 3.36. The quantitative estimate of drug-likeness (QED) is 0.662. The molecule has 28 heavy (non-hydrogen) atoms. The van der Waals surface area contributed by atoms with E-state index in [0.717, 1.165) is 33.3 Å². The van der Waals surface area contributed by atoms with Crippen LogP contribution in [0.15, 0.2) is 47.3 Å². The molecule has 2 N–H and O–H groups in total. The first-order valence-corrected chi connectivity index (χ1v) is 9.58. The summed E-state index contributed by atoms with van der Waals surface area (Å²) >= 11 is 0. The summed E-state index contributed by atoms with van der Waals surface area (Å²) in [5.41, 5.74) is 4.61. The number of H-pyrrole nitrogens is 1. The third-order valence-corrected chi connectivity index (χ3v) is 4.71. The molecular weight excluding hydrogens is 352 g/mol. The monoisotopic (exact) mass is 378 g/mol. The topological polar surface area (TPSA) is 71.2 Å². The molecule has 0 spiro atoms. The summed E-state index contributed by atoms with van der Waals surface area (Å²) in [5.74, 6) is 0.737. The molecular formula is C23H26N2O3. The van der Waals surface area contributed by atoms with Crippen LogP contribution in [0.4, 0.5) is 0 Å². The molecule has 0 aliphatic heterocycles. The maximum absolute atomic E-state index is 12.3. The van der Waals surface area contributed by atoms with Crippen molar-refractivity contribution in [3.8, 4) is 5.75 Å². The zero-order valence-corrected chi connectivity index (χ0v) is 16.6. The predicted molar refractivity (Wildman–Crippen MR) is 112 cm³/mol. The average Bonchev–Trinajstić information content (AvgIpc) is 2.64. The number of hydrogen-bond donors (Lipinski definition) is 2. The highest BCUT2D eigenvalue weighted by Crippen LogP contribution is 2.18.